The summed E-state index contributed by atoms with van der Waals surface area (Å²) in [5, 5.41) is 8.54. The van der Waals surface area contributed by atoms with E-state index in [4.69, 9.17) is 16.0 Å². The van der Waals surface area contributed by atoms with Gasteiger partial charge in [0.1, 0.15) is 23.2 Å². The summed E-state index contributed by atoms with van der Waals surface area (Å²) in [6.07, 6.45) is 3.70. The number of aromatic nitrogens is 2. The van der Waals surface area contributed by atoms with E-state index < -0.39 is 0 Å². The third-order valence-electron chi connectivity index (χ3n) is 5.05. The van der Waals surface area contributed by atoms with Crippen molar-refractivity contribution in [2.24, 2.45) is 5.10 Å². The molecule has 0 saturated carbocycles. The van der Waals surface area contributed by atoms with E-state index >= 15 is 0 Å². The molecule has 0 radical (unpaired) electrons. The van der Waals surface area contributed by atoms with Crippen molar-refractivity contribution >= 4 is 45.9 Å². The number of para-hydroxylation sites is 1. The number of halogens is 1. The molecule has 1 aliphatic rings. The van der Waals surface area contributed by atoms with Crippen LogP contribution in [0.25, 0.3) is 10.9 Å². The van der Waals surface area contributed by atoms with E-state index in [0.717, 1.165) is 27.2 Å². The minimum Gasteiger partial charge on any atom is -0.467 e. The fourth-order valence-electron chi connectivity index (χ4n) is 3.55. The maximum absolute atomic E-state index is 13.2. The first-order valence-electron chi connectivity index (χ1n) is 9.70. The van der Waals surface area contributed by atoms with Gasteiger partial charge in [-0.15, -0.1) is 0 Å². The van der Waals surface area contributed by atoms with Gasteiger partial charge in [0.05, 0.1) is 23.2 Å². The molecule has 154 valence electrons. The fraction of sp³-hybridized carbons (Fsp3) is 0.130. The molecule has 0 fully saturated rings. The molecule has 3 heterocycles. The summed E-state index contributed by atoms with van der Waals surface area (Å²) in [5.41, 5.74) is 2.61. The molecule has 6 nitrogen and oxygen atoms in total. The maximum Gasteiger partial charge on any atom is 0.253 e. The zero-order chi connectivity index (χ0) is 21.2. The van der Waals surface area contributed by atoms with Crippen LogP contribution in [0.5, 0.6) is 0 Å². The Kier molecular flexibility index (Phi) is 5.44. The fourth-order valence-corrected chi connectivity index (χ4v) is 4.52. The molecule has 5 rings (SSSR count). The number of carbonyl (C=O) groups excluding carboxylic acids is 1. The summed E-state index contributed by atoms with van der Waals surface area (Å²) in [6.45, 7) is 0. The molecule has 2 aromatic carbocycles. The number of amides is 1. The topological polar surface area (TPSA) is 71.6 Å². The monoisotopic (exact) mass is 448 g/mol. The lowest BCUT2D eigenvalue weighted by atomic mass is 10.0. The highest BCUT2D eigenvalue weighted by Crippen LogP contribution is 2.34. The quantitative estimate of drug-likeness (QED) is 0.304. The van der Waals surface area contributed by atoms with Gasteiger partial charge in [0.25, 0.3) is 5.91 Å². The Bertz CT molecular complexity index is 1250. The maximum atomic E-state index is 13.2. The Morgan fingerprint density at radius 2 is 1.94 bits per heavy atom. The van der Waals surface area contributed by atoms with Crippen molar-refractivity contribution in [2.45, 2.75) is 17.5 Å². The number of rotatable bonds is 5. The van der Waals surface area contributed by atoms with Crippen LogP contribution in [0.4, 0.5) is 0 Å². The zero-order valence-corrected chi connectivity index (χ0v) is 17.9. The molecule has 0 unspecified atom stereocenters. The molecule has 0 aliphatic carbocycles. The van der Waals surface area contributed by atoms with Crippen molar-refractivity contribution in [1.29, 1.82) is 0 Å². The minimum atomic E-state index is -0.282. The predicted molar refractivity (Wildman–Crippen MR) is 121 cm³/mol. The second kappa shape index (κ2) is 8.53. The SMILES string of the molecule is O=C(CSc1ncnc2ccccc12)N1N=C(c2ccc(Cl)cc2)C[C@@H]1c1ccco1. The van der Waals surface area contributed by atoms with Gasteiger partial charge in [0.15, 0.2) is 0 Å². The van der Waals surface area contributed by atoms with Crippen LogP contribution >= 0.6 is 23.4 Å². The van der Waals surface area contributed by atoms with Crippen molar-refractivity contribution in [3.8, 4) is 0 Å². The first kappa shape index (κ1) is 19.8. The number of hydrazone groups is 1. The van der Waals surface area contributed by atoms with Crippen LogP contribution in [0.15, 0.2) is 87.8 Å². The average Bonchev–Trinajstić information content (AvgIpc) is 3.48. The van der Waals surface area contributed by atoms with E-state index in [2.05, 4.69) is 15.1 Å². The van der Waals surface area contributed by atoms with E-state index in [0.29, 0.717) is 17.2 Å². The first-order chi connectivity index (χ1) is 15.2. The number of nitrogens with zero attached hydrogens (tertiary/aromatic N) is 4. The van der Waals surface area contributed by atoms with Crippen LogP contribution in [0, 0.1) is 0 Å². The Labute approximate surface area is 187 Å². The molecule has 8 heteroatoms. The molecule has 31 heavy (non-hydrogen) atoms. The van der Waals surface area contributed by atoms with Crippen LogP contribution < -0.4 is 0 Å². The molecule has 1 aliphatic heterocycles. The first-order valence-corrected chi connectivity index (χ1v) is 11.1. The largest absolute Gasteiger partial charge is 0.467 e. The lowest BCUT2D eigenvalue weighted by Crippen LogP contribution is -2.28. The Balaban J connectivity index is 1.39. The van der Waals surface area contributed by atoms with E-state index in [-0.39, 0.29) is 17.7 Å². The molecule has 2 aromatic heterocycles. The number of hydrogen-bond donors (Lipinski definition) is 0. The molecule has 1 atom stereocenters. The van der Waals surface area contributed by atoms with Crippen LogP contribution in [-0.4, -0.2) is 32.3 Å². The molecule has 0 spiro atoms. The lowest BCUT2D eigenvalue weighted by Gasteiger charge is -2.19. The second-order valence-electron chi connectivity index (χ2n) is 7.01. The summed E-state index contributed by atoms with van der Waals surface area (Å²) in [7, 11) is 0. The summed E-state index contributed by atoms with van der Waals surface area (Å²) in [4.78, 5) is 21.8. The molecule has 0 bridgehead atoms. The minimum absolute atomic E-state index is 0.113. The van der Waals surface area contributed by atoms with Crippen molar-refractivity contribution in [2.75, 3.05) is 5.75 Å². The standard InChI is InChI=1S/C23H17ClN4O2S/c24-16-9-7-15(8-10-16)19-12-20(21-6-3-11-30-21)28(27-19)22(29)13-31-23-17-4-1-2-5-18(17)25-14-26-23/h1-11,14,20H,12-13H2/t20-/m1/s1. The summed E-state index contributed by atoms with van der Waals surface area (Å²) < 4.78 is 5.61. The third kappa shape index (κ3) is 4.06. The van der Waals surface area contributed by atoms with Crippen molar-refractivity contribution < 1.29 is 9.21 Å². The summed E-state index contributed by atoms with van der Waals surface area (Å²) >= 11 is 7.40. The Hall–Kier alpha value is -3.16. The zero-order valence-electron chi connectivity index (χ0n) is 16.3. The smallest absolute Gasteiger partial charge is 0.253 e. The molecular formula is C23H17ClN4O2S. The van der Waals surface area contributed by atoms with E-state index in [1.165, 1.54) is 23.1 Å². The van der Waals surface area contributed by atoms with E-state index in [9.17, 15) is 4.79 Å². The van der Waals surface area contributed by atoms with Gasteiger partial charge < -0.3 is 4.42 Å². The molecule has 4 aromatic rings. The highest BCUT2D eigenvalue weighted by molar-refractivity contribution is 8.00. The van der Waals surface area contributed by atoms with Crippen molar-refractivity contribution in [3.05, 3.63) is 89.6 Å². The van der Waals surface area contributed by atoms with Gasteiger partial charge >= 0.3 is 0 Å². The van der Waals surface area contributed by atoms with Crippen molar-refractivity contribution in [3.63, 3.8) is 0 Å². The number of thioether (sulfide) groups is 1. The van der Waals surface area contributed by atoms with Crippen LogP contribution in [0.1, 0.15) is 23.8 Å². The van der Waals surface area contributed by atoms with Gasteiger partial charge in [0, 0.05) is 16.8 Å². The average molecular weight is 449 g/mol. The van der Waals surface area contributed by atoms with E-state index in [1.54, 1.807) is 6.26 Å². The van der Waals surface area contributed by atoms with Gasteiger partial charge in [-0.25, -0.2) is 15.0 Å². The predicted octanol–water partition coefficient (Wildman–Crippen LogP) is 5.35. The summed E-state index contributed by atoms with van der Waals surface area (Å²) in [5.74, 6) is 0.798. The number of benzene rings is 2. The normalized spacial score (nSPS) is 16.0. The van der Waals surface area contributed by atoms with Crippen LogP contribution in [0.3, 0.4) is 0 Å². The van der Waals surface area contributed by atoms with E-state index in [1.807, 2.05) is 60.7 Å². The number of furan rings is 1. The molecular weight excluding hydrogens is 432 g/mol. The second-order valence-corrected chi connectivity index (χ2v) is 8.41. The van der Waals surface area contributed by atoms with Gasteiger partial charge in [-0.2, -0.15) is 5.10 Å². The molecule has 1 amide bonds. The third-order valence-corrected chi connectivity index (χ3v) is 6.30. The van der Waals surface area contributed by atoms with Gasteiger partial charge in [-0.3, -0.25) is 4.79 Å². The van der Waals surface area contributed by atoms with Crippen LogP contribution in [-0.2, 0) is 4.79 Å². The Morgan fingerprint density at radius 3 is 2.74 bits per heavy atom. The summed E-state index contributed by atoms with van der Waals surface area (Å²) in [6, 6.07) is 18.6. The molecule has 0 saturated heterocycles. The lowest BCUT2D eigenvalue weighted by molar-refractivity contribution is -0.130. The van der Waals surface area contributed by atoms with Gasteiger partial charge in [-0.1, -0.05) is 53.7 Å². The number of hydrogen-bond acceptors (Lipinski definition) is 6. The highest BCUT2D eigenvalue weighted by Gasteiger charge is 2.34. The Morgan fingerprint density at radius 1 is 1.10 bits per heavy atom. The van der Waals surface area contributed by atoms with Gasteiger partial charge in [-0.05, 0) is 35.9 Å². The van der Waals surface area contributed by atoms with Crippen LogP contribution in [0.2, 0.25) is 5.02 Å². The van der Waals surface area contributed by atoms with Gasteiger partial charge in [0.2, 0.25) is 0 Å². The number of carbonyl (C=O) groups is 1. The molecule has 0 N–H and O–H groups in total. The highest BCUT2D eigenvalue weighted by atomic mass is 35.5. The number of fused-ring (bicyclic) bond motifs is 1. The van der Waals surface area contributed by atoms with Crippen molar-refractivity contribution in [1.82, 2.24) is 15.0 Å².